The van der Waals surface area contributed by atoms with E-state index in [-0.39, 0.29) is 5.56 Å². The number of carboxylic acid groups (broad SMARTS) is 1. The number of benzene rings is 3. The highest BCUT2D eigenvalue weighted by Gasteiger charge is 2.45. The number of hydrogen-bond donors (Lipinski definition) is 4. The topological polar surface area (TPSA) is 125 Å². The van der Waals surface area contributed by atoms with Crippen molar-refractivity contribution in [1.29, 1.82) is 0 Å². The molecule has 0 saturated carbocycles. The van der Waals surface area contributed by atoms with E-state index in [1.165, 1.54) is 0 Å². The van der Waals surface area contributed by atoms with Gasteiger partial charge < -0.3 is 21.7 Å². The third-order valence-corrected chi connectivity index (χ3v) is 6.40. The molecule has 0 amide bonds. The minimum atomic E-state index is -1.04. The van der Waals surface area contributed by atoms with Crippen molar-refractivity contribution in [2.75, 3.05) is 16.4 Å². The normalized spacial score (nSPS) is 19.4. The number of aliphatic imine (C=N–C) groups is 1. The van der Waals surface area contributed by atoms with Crippen LogP contribution in [0.15, 0.2) is 71.7 Å². The fourth-order valence-corrected chi connectivity index (χ4v) is 4.49. The van der Waals surface area contributed by atoms with Crippen molar-refractivity contribution in [3.8, 4) is 0 Å². The van der Waals surface area contributed by atoms with E-state index in [9.17, 15) is 15.0 Å². The van der Waals surface area contributed by atoms with Gasteiger partial charge in [0.1, 0.15) is 5.84 Å². The molecule has 5 rings (SSSR count). The maximum atomic E-state index is 12.3. The zero-order valence-electron chi connectivity index (χ0n) is 18.3. The summed E-state index contributed by atoms with van der Waals surface area (Å²) >= 11 is 0. The molecule has 1 unspecified atom stereocenters. The smallest absolute Gasteiger partial charge is 0.336 e. The molecule has 6 N–H and O–H groups in total. The first-order valence-electron chi connectivity index (χ1n) is 10.6. The fourth-order valence-electron chi connectivity index (χ4n) is 4.49. The Balaban J connectivity index is 1.86. The molecule has 7 heteroatoms. The van der Waals surface area contributed by atoms with Crippen LogP contribution in [0.25, 0.3) is 5.70 Å². The van der Waals surface area contributed by atoms with Gasteiger partial charge in [-0.05, 0) is 66.2 Å². The number of nitrogen functional groups attached to an aromatic ring is 2. The van der Waals surface area contributed by atoms with Crippen LogP contribution in [-0.2, 0) is 5.41 Å². The number of hydrogen-bond acceptors (Lipinski definition) is 5. The Morgan fingerprint density at radius 2 is 1.55 bits per heavy atom. The molecule has 2 aliphatic rings. The van der Waals surface area contributed by atoms with E-state index in [0.29, 0.717) is 34.2 Å². The predicted molar refractivity (Wildman–Crippen MR) is 131 cm³/mol. The number of carbonyl (C=O) groups is 1. The number of carboxylic acids is 1. The molecule has 1 heterocycles. The monoisotopic (exact) mass is 440 g/mol. The number of aromatic carboxylic acids is 1. The number of nitrogens with zero attached hydrogens (tertiary/aromatic N) is 2. The highest BCUT2D eigenvalue weighted by atomic mass is 16.4. The molecule has 3 aromatic carbocycles. The van der Waals surface area contributed by atoms with Crippen molar-refractivity contribution >= 4 is 40.3 Å². The van der Waals surface area contributed by atoms with Crippen molar-refractivity contribution in [3.63, 3.8) is 0 Å². The molecule has 7 nitrogen and oxygen atoms in total. The lowest BCUT2D eigenvalue weighted by Gasteiger charge is -2.36. The lowest BCUT2D eigenvalue weighted by molar-refractivity contribution is 0.0696. The maximum absolute atomic E-state index is 12.3. The van der Waals surface area contributed by atoms with E-state index >= 15 is 0 Å². The van der Waals surface area contributed by atoms with Crippen molar-refractivity contribution < 1.29 is 15.0 Å². The largest absolute Gasteiger partial charge is 0.478 e. The summed E-state index contributed by atoms with van der Waals surface area (Å²) in [5.41, 5.74) is 16.8. The van der Waals surface area contributed by atoms with Crippen molar-refractivity contribution in [2.45, 2.75) is 25.4 Å². The summed E-state index contributed by atoms with van der Waals surface area (Å²) in [7, 11) is 0. The van der Waals surface area contributed by atoms with E-state index in [2.05, 4.69) is 0 Å². The zero-order chi connectivity index (χ0) is 23.5. The second kappa shape index (κ2) is 7.21. The van der Waals surface area contributed by atoms with E-state index in [0.717, 1.165) is 16.8 Å². The van der Waals surface area contributed by atoms with Crippen LogP contribution in [-0.4, -0.2) is 28.1 Å². The minimum Gasteiger partial charge on any atom is -0.478 e. The first kappa shape index (κ1) is 20.8. The Labute approximate surface area is 191 Å². The SMILES string of the molecule is CC1(C)c2ccc(C(=O)O)c3c2C(=CC1O)N(c1ccc(N)cc1)C3=Nc1ccc(N)cc1. The highest BCUT2D eigenvalue weighted by molar-refractivity contribution is 6.29. The Kier molecular flexibility index (Phi) is 4.54. The molecule has 33 heavy (non-hydrogen) atoms. The molecule has 0 aromatic heterocycles. The van der Waals surface area contributed by atoms with Crippen LogP contribution in [0.4, 0.5) is 22.7 Å². The van der Waals surface area contributed by atoms with Crippen molar-refractivity contribution in [1.82, 2.24) is 0 Å². The second-order valence-electron chi connectivity index (χ2n) is 8.89. The molecule has 166 valence electrons. The first-order chi connectivity index (χ1) is 15.7. The Bertz CT molecular complexity index is 1340. The third-order valence-electron chi connectivity index (χ3n) is 6.40. The summed E-state index contributed by atoms with van der Waals surface area (Å²) in [6.45, 7) is 3.90. The van der Waals surface area contributed by atoms with Gasteiger partial charge in [0.2, 0.25) is 0 Å². The van der Waals surface area contributed by atoms with Gasteiger partial charge in [0.15, 0.2) is 0 Å². The summed E-state index contributed by atoms with van der Waals surface area (Å²) < 4.78 is 0. The van der Waals surface area contributed by atoms with Crippen LogP contribution in [0.5, 0.6) is 0 Å². The number of aliphatic hydroxyl groups is 1. The van der Waals surface area contributed by atoms with Gasteiger partial charge in [-0.3, -0.25) is 4.90 Å². The molecule has 0 spiro atoms. The van der Waals surface area contributed by atoms with Gasteiger partial charge in [-0.2, -0.15) is 0 Å². The number of nitrogens with two attached hydrogens (primary N) is 2. The molecule has 0 saturated heterocycles. The molecule has 1 atom stereocenters. The quantitative estimate of drug-likeness (QED) is 0.454. The van der Waals surface area contributed by atoms with Crippen LogP contribution in [0.3, 0.4) is 0 Å². The van der Waals surface area contributed by atoms with Crippen LogP contribution in [0.1, 0.15) is 40.9 Å². The lowest BCUT2D eigenvalue weighted by atomic mass is 9.72. The highest BCUT2D eigenvalue weighted by Crippen LogP contribution is 2.49. The average molecular weight is 441 g/mol. The minimum absolute atomic E-state index is 0.152. The van der Waals surface area contributed by atoms with Gasteiger partial charge in [-0.1, -0.05) is 19.9 Å². The summed E-state index contributed by atoms with van der Waals surface area (Å²) in [5.74, 6) is -0.574. The average Bonchev–Trinajstić information content (AvgIpc) is 3.08. The van der Waals surface area contributed by atoms with E-state index in [1.54, 1.807) is 54.6 Å². The summed E-state index contributed by atoms with van der Waals surface area (Å²) in [6, 6.07) is 17.7. The molecule has 0 radical (unpaired) electrons. The standard InChI is InChI=1S/C26H24N4O3/c1-26(2)19-12-11-18(25(32)33)22-23(19)20(13-21(26)31)30(17-9-5-15(28)6-10-17)24(22)29-16-7-3-14(27)4-8-16/h3-13,21,31H,27-28H2,1-2H3,(H,32,33). The molecule has 3 aromatic rings. The van der Waals surface area contributed by atoms with Crippen LogP contribution < -0.4 is 16.4 Å². The van der Waals surface area contributed by atoms with Crippen molar-refractivity contribution in [2.24, 2.45) is 4.99 Å². The first-order valence-corrected chi connectivity index (χ1v) is 10.6. The third kappa shape index (κ3) is 3.16. The Morgan fingerprint density at radius 3 is 2.15 bits per heavy atom. The number of anilines is 3. The van der Waals surface area contributed by atoms with Crippen molar-refractivity contribution in [3.05, 3.63) is 89.0 Å². The van der Waals surface area contributed by atoms with Crippen LogP contribution in [0.2, 0.25) is 0 Å². The Morgan fingerprint density at radius 1 is 0.939 bits per heavy atom. The molecule has 1 aliphatic carbocycles. The van der Waals surface area contributed by atoms with Gasteiger partial charge in [0.05, 0.1) is 23.1 Å². The summed E-state index contributed by atoms with van der Waals surface area (Å²) in [5, 5.41) is 21.0. The van der Waals surface area contributed by atoms with Gasteiger partial charge in [-0.15, -0.1) is 0 Å². The number of rotatable bonds is 3. The summed E-state index contributed by atoms with van der Waals surface area (Å²) in [6.07, 6.45) is 1.01. The molecule has 0 fully saturated rings. The summed E-state index contributed by atoms with van der Waals surface area (Å²) in [4.78, 5) is 19.0. The molecular weight excluding hydrogens is 416 g/mol. The molecule has 0 bridgehead atoms. The number of amidine groups is 1. The van der Waals surface area contributed by atoms with Gasteiger partial charge in [0.25, 0.3) is 0 Å². The van der Waals surface area contributed by atoms with Gasteiger partial charge in [0, 0.05) is 33.6 Å². The second-order valence-corrected chi connectivity index (χ2v) is 8.89. The van der Waals surface area contributed by atoms with E-state index in [1.807, 2.05) is 30.9 Å². The van der Waals surface area contributed by atoms with E-state index < -0.39 is 17.5 Å². The number of aliphatic hydroxyl groups excluding tert-OH is 1. The van der Waals surface area contributed by atoms with Gasteiger partial charge in [-0.25, -0.2) is 9.79 Å². The lowest BCUT2D eigenvalue weighted by Crippen LogP contribution is -2.37. The van der Waals surface area contributed by atoms with Crippen LogP contribution in [0, 0.1) is 0 Å². The Hall–Kier alpha value is -4.10. The van der Waals surface area contributed by atoms with E-state index in [4.69, 9.17) is 16.5 Å². The van der Waals surface area contributed by atoms with Gasteiger partial charge >= 0.3 is 5.97 Å². The maximum Gasteiger partial charge on any atom is 0.336 e. The molecular formula is C26H24N4O3. The predicted octanol–water partition coefficient (Wildman–Crippen LogP) is 4.14. The van der Waals surface area contributed by atoms with Crippen LogP contribution >= 0.6 is 0 Å². The zero-order valence-corrected chi connectivity index (χ0v) is 18.3. The fraction of sp³-hybridized carbons (Fsp3) is 0.154. The molecule has 1 aliphatic heterocycles.